The summed E-state index contributed by atoms with van der Waals surface area (Å²) in [5, 5.41) is 9.14. The van der Waals surface area contributed by atoms with Gasteiger partial charge >= 0.3 is 0 Å². The SMILES string of the molecule is COc1cc(Cl)cc(C#CCCO)c1. The maximum absolute atomic E-state index is 8.55. The maximum atomic E-state index is 8.55. The number of hydrogen-bond acceptors (Lipinski definition) is 2. The molecule has 3 heteroatoms. The van der Waals surface area contributed by atoms with Crippen LogP contribution in [0.5, 0.6) is 5.75 Å². The number of methoxy groups -OCH3 is 1. The van der Waals surface area contributed by atoms with Crippen molar-refractivity contribution in [2.75, 3.05) is 13.7 Å². The molecule has 1 rings (SSSR count). The summed E-state index contributed by atoms with van der Waals surface area (Å²) in [6, 6.07) is 5.28. The normalized spacial score (nSPS) is 9.07. The van der Waals surface area contributed by atoms with Gasteiger partial charge in [0.2, 0.25) is 0 Å². The van der Waals surface area contributed by atoms with Crippen LogP contribution in [0.25, 0.3) is 0 Å². The van der Waals surface area contributed by atoms with Crippen molar-refractivity contribution >= 4 is 11.6 Å². The minimum atomic E-state index is 0.0741. The van der Waals surface area contributed by atoms with E-state index >= 15 is 0 Å². The van der Waals surface area contributed by atoms with Gasteiger partial charge in [0.1, 0.15) is 5.75 Å². The molecule has 0 heterocycles. The van der Waals surface area contributed by atoms with Crippen LogP contribution in [-0.2, 0) is 0 Å². The van der Waals surface area contributed by atoms with Crippen LogP contribution in [0, 0.1) is 11.8 Å². The average Bonchev–Trinajstić information content (AvgIpc) is 2.17. The zero-order valence-corrected chi connectivity index (χ0v) is 8.64. The van der Waals surface area contributed by atoms with Crippen LogP contribution in [0.4, 0.5) is 0 Å². The van der Waals surface area contributed by atoms with Gasteiger partial charge in [0, 0.05) is 17.0 Å². The number of rotatable bonds is 2. The molecule has 0 aromatic heterocycles. The monoisotopic (exact) mass is 210 g/mol. The van der Waals surface area contributed by atoms with Gasteiger partial charge < -0.3 is 9.84 Å². The minimum absolute atomic E-state index is 0.0741. The van der Waals surface area contributed by atoms with E-state index in [1.807, 2.05) is 0 Å². The highest BCUT2D eigenvalue weighted by atomic mass is 35.5. The van der Waals surface area contributed by atoms with Gasteiger partial charge in [0.25, 0.3) is 0 Å². The molecule has 0 saturated carbocycles. The van der Waals surface area contributed by atoms with Gasteiger partial charge in [0.05, 0.1) is 13.7 Å². The van der Waals surface area contributed by atoms with Gasteiger partial charge in [-0.2, -0.15) is 0 Å². The predicted octanol–water partition coefficient (Wildman–Crippen LogP) is 2.08. The molecule has 0 aliphatic heterocycles. The lowest BCUT2D eigenvalue weighted by atomic mass is 10.2. The summed E-state index contributed by atoms with van der Waals surface area (Å²) in [4.78, 5) is 0. The number of benzene rings is 1. The molecule has 0 aliphatic carbocycles. The summed E-state index contributed by atoms with van der Waals surface area (Å²) in [6.07, 6.45) is 0.467. The molecule has 0 saturated heterocycles. The Kier molecular flexibility index (Phi) is 4.31. The molecule has 14 heavy (non-hydrogen) atoms. The Balaban J connectivity index is 2.88. The third kappa shape index (κ3) is 3.29. The Hall–Kier alpha value is -1.17. The van der Waals surface area contributed by atoms with Crippen LogP contribution >= 0.6 is 11.6 Å². The predicted molar refractivity (Wildman–Crippen MR) is 56.6 cm³/mol. The second-order valence-corrected chi connectivity index (χ2v) is 3.09. The summed E-state index contributed by atoms with van der Waals surface area (Å²) in [6.45, 7) is 0.0741. The van der Waals surface area contributed by atoms with Crippen LogP contribution in [0.2, 0.25) is 5.02 Å². The molecule has 0 fully saturated rings. The molecule has 0 aliphatic rings. The average molecular weight is 211 g/mol. The Morgan fingerprint density at radius 3 is 2.86 bits per heavy atom. The molecule has 2 nitrogen and oxygen atoms in total. The molecule has 1 aromatic rings. The van der Waals surface area contributed by atoms with Gasteiger partial charge in [-0.25, -0.2) is 0 Å². The molecule has 74 valence electrons. The molecule has 1 N–H and O–H groups in total. The van der Waals surface area contributed by atoms with E-state index in [9.17, 15) is 0 Å². The zero-order chi connectivity index (χ0) is 10.4. The van der Waals surface area contributed by atoms with E-state index in [0.717, 1.165) is 5.56 Å². The third-order valence-corrected chi connectivity index (χ3v) is 1.79. The number of ether oxygens (including phenoxy) is 1. The molecular formula is C11H11ClO2. The van der Waals surface area contributed by atoms with Crippen LogP contribution in [0.15, 0.2) is 18.2 Å². The first-order chi connectivity index (χ1) is 6.76. The molecular weight excluding hydrogens is 200 g/mol. The fraction of sp³-hybridized carbons (Fsp3) is 0.273. The highest BCUT2D eigenvalue weighted by molar-refractivity contribution is 6.30. The van der Waals surface area contributed by atoms with Crippen LogP contribution in [0.1, 0.15) is 12.0 Å². The maximum Gasteiger partial charge on any atom is 0.121 e. The van der Waals surface area contributed by atoms with Crippen molar-refractivity contribution in [3.63, 3.8) is 0 Å². The fourth-order valence-corrected chi connectivity index (χ4v) is 1.20. The smallest absolute Gasteiger partial charge is 0.121 e. The second kappa shape index (κ2) is 5.54. The van der Waals surface area contributed by atoms with Crippen molar-refractivity contribution in [2.24, 2.45) is 0 Å². The molecule has 0 amide bonds. The molecule has 0 unspecified atom stereocenters. The second-order valence-electron chi connectivity index (χ2n) is 2.66. The van der Waals surface area contributed by atoms with Gasteiger partial charge in [-0.05, 0) is 18.2 Å². The van der Waals surface area contributed by atoms with E-state index in [2.05, 4.69) is 11.8 Å². The quantitative estimate of drug-likeness (QED) is 0.758. The first-order valence-electron chi connectivity index (χ1n) is 4.20. The lowest BCUT2D eigenvalue weighted by Gasteiger charge is -2.00. The van der Waals surface area contributed by atoms with Crippen molar-refractivity contribution in [2.45, 2.75) is 6.42 Å². The Morgan fingerprint density at radius 1 is 1.43 bits per heavy atom. The van der Waals surface area contributed by atoms with Crippen LogP contribution < -0.4 is 4.74 Å². The number of aliphatic hydroxyl groups is 1. The topological polar surface area (TPSA) is 29.5 Å². The van der Waals surface area contributed by atoms with Crippen molar-refractivity contribution in [1.82, 2.24) is 0 Å². The van der Waals surface area contributed by atoms with Gasteiger partial charge in [0.15, 0.2) is 0 Å². The molecule has 1 aromatic carbocycles. The van der Waals surface area contributed by atoms with Crippen LogP contribution in [-0.4, -0.2) is 18.8 Å². The summed E-state index contributed by atoms with van der Waals surface area (Å²) in [7, 11) is 1.58. The molecule has 0 bridgehead atoms. The standard InChI is InChI=1S/C11H11ClO2/c1-14-11-7-9(4-2-3-5-13)6-10(12)8-11/h6-8,13H,3,5H2,1H3. The van der Waals surface area contributed by atoms with Gasteiger partial charge in [-0.15, -0.1) is 0 Å². The highest BCUT2D eigenvalue weighted by Gasteiger charge is 1.96. The zero-order valence-electron chi connectivity index (χ0n) is 7.88. The lowest BCUT2D eigenvalue weighted by Crippen LogP contribution is -1.84. The molecule has 0 atom stereocenters. The van der Waals surface area contributed by atoms with E-state index in [0.29, 0.717) is 17.2 Å². The number of aliphatic hydroxyl groups excluding tert-OH is 1. The van der Waals surface area contributed by atoms with E-state index < -0.39 is 0 Å². The van der Waals surface area contributed by atoms with Gasteiger partial charge in [-0.3, -0.25) is 0 Å². The Labute approximate surface area is 88.5 Å². The van der Waals surface area contributed by atoms with E-state index in [1.54, 1.807) is 25.3 Å². The van der Waals surface area contributed by atoms with Crippen molar-refractivity contribution in [3.05, 3.63) is 28.8 Å². The highest BCUT2D eigenvalue weighted by Crippen LogP contribution is 2.19. The summed E-state index contributed by atoms with van der Waals surface area (Å²) < 4.78 is 5.04. The fourth-order valence-electron chi connectivity index (χ4n) is 0.973. The largest absolute Gasteiger partial charge is 0.497 e. The summed E-state index contributed by atoms with van der Waals surface area (Å²) in [5.74, 6) is 6.39. The molecule has 0 spiro atoms. The van der Waals surface area contributed by atoms with Crippen LogP contribution in [0.3, 0.4) is 0 Å². The summed E-state index contributed by atoms with van der Waals surface area (Å²) in [5.41, 5.74) is 0.794. The Bertz CT molecular complexity index is 363. The number of hydrogen-bond donors (Lipinski definition) is 1. The molecule has 0 radical (unpaired) electrons. The minimum Gasteiger partial charge on any atom is -0.497 e. The van der Waals surface area contributed by atoms with Crippen molar-refractivity contribution in [1.29, 1.82) is 0 Å². The van der Waals surface area contributed by atoms with E-state index in [1.165, 1.54) is 0 Å². The van der Waals surface area contributed by atoms with Crippen molar-refractivity contribution in [3.8, 4) is 17.6 Å². The van der Waals surface area contributed by atoms with Crippen molar-refractivity contribution < 1.29 is 9.84 Å². The summed E-state index contributed by atoms with van der Waals surface area (Å²) >= 11 is 5.84. The van der Waals surface area contributed by atoms with E-state index in [-0.39, 0.29) is 6.61 Å². The van der Waals surface area contributed by atoms with E-state index in [4.69, 9.17) is 21.4 Å². The third-order valence-electron chi connectivity index (χ3n) is 1.58. The lowest BCUT2D eigenvalue weighted by molar-refractivity contribution is 0.305. The first kappa shape index (κ1) is 10.9. The van der Waals surface area contributed by atoms with Gasteiger partial charge in [-0.1, -0.05) is 23.4 Å². The first-order valence-corrected chi connectivity index (χ1v) is 4.58. The number of halogens is 1. The Morgan fingerprint density at radius 2 is 2.21 bits per heavy atom.